The van der Waals surface area contributed by atoms with Crippen molar-refractivity contribution in [1.82, 2.24) is 0 Å². The van der Waals surface area contributed by atoms with E-state index in [1.807, 2.05) is 0 Å². The zero-order valence-electron chi connectivity index (χ0n) is 13.0. The molecule has 4 N–H and O–H groups in total. The number of hydrogen-bond acceptors (Lipinski definition) is 3. The van der Waals surface area contributed by atoms with E-state index in [9.17, 15) is 26.4 Å². The number of nitrogens with zero attached hydrogens (tertiary/aromatic N) is 1. The molecule has 0 fully saturated rings. The molecule has 1 amide bonds. The minimum Gasteiger partial charge on any atom is -0.370 e. The van der Waals surface area contributed by atoms with Crippen molar-refractivity contribution in [2.75, 3.05) is 0 Å². The van der Waals surface area contributed by atoms with Crippen LogP contribution in [0.3, 0.4) is 0 Å². The summed E-state index contributed by atoms with van der Waals surface area (Å²) in [5.74, 6) is -1.69. The first-order valence-electron chi connectivity index (χ1n) is 6.38. The minimum absolute atomic E-state index is 0. The molecule has 1 rings (SSSR count). The molecule has 0 bridgehead atoms. The van der Waals surface area contributed by atoms with E-state index >= 15 is 0 Å². The van der Waals surface area contributed by atoms with Gasteiger partial charge in [-0.2, -0.15) is 18.2 Å². The highest BCUT2D eigenvalue weighted by molar-refractivity contribution is 7.92. The Balaban J connectivity index is 0.00000529. The summed E-state index contributed by atoms with van der Waals surface area (Å²) >= 11 is 0. The second-order valence-electron chi connectivity index (χ2n) is 5.10. The molecule has 0 spiro atoms. The van der Waals surface area contributed by atoms with Crippen molar-refractivity contribution >= 4 is 34.1 Å². The van der Waals surface area contributed by atoms with E-state index in [4.69, 9.17) is 11.5 Å². The predicted molar refractivity (Wildman–Crippen MR) is 85.9 cm³/mol. The molecule has 0 heterocycles. The minimum atomic E-state index is -4.96. The number of hydrogen-bond donors (Lipinski definition) is 2. The predicted octanol–water partition coefficient (Wildman–Crippen LogP) is 2.03. The average molecular weight is 388 g/mol. The largest absolute Gasteiger partial charge is 0.417 e. The fraction of sp³-hybridized carbons (Fsp3) is 0.385. The molecule has 0 aliphatic rings. The van der Waals surface area contributed by atoms with Gasteiger partial charge in [0, 0.05) is 5.56 Å². The van der Waals surface area contributed by atoms with Crippen LogP contribution in [-0.2, 0) is 16.0 Å². The summed E-state index contributed by atoms with van der Waals surface area (Å²) in [6, 6.07) is 1.27. The van der Waals surface area contributed by atoms with Gasteiger partial charge in [-0.25, -0.2) is 8.42 Å². The Morgan fingerprint density at radius 2 is 1.71 bits per heavy atom. The molecule has 1 aromatic rings. The smallest absolute Gasteiger partial charge is 0.370 e. The number of carbonyl (C=O) groups excluding carboxylic acids is 1. The van der Waals surface area contributed by atoms with Crippen molar-refractivity contribution in [2.45, 2.75) is 37.1 Å². The standard InChI is InChI=1S/C13H16F3N3O3S.ClH/c1-6(2)23(21,22)10-4-7(3)8(11(20)19-12(17)18)5-9(10)13(14,15)16;/h4-6H,1-3H3,(H4,17,18,19,20);1H. The highest BCUT2D eigenvalue weighted by Crippen LogP contribution is 2.37. The van der Waals surface area contributed by atoms with Gasteiger partial charge in [-0.3, -0.25) is 4.79 Å². The second kappa shape index (κ2) is 7.39. The molecule has 1 aromatic carbocycles. The molecule has 0 radical (unpaired) electrons. The van der Waals surface area contributed by atoms with Crippen LogP contribution < -0.4 is 11.5 Å². The summed E-state index contributed by atoms with van der Waals surface area (Å²) in [6.07, 6.45) is -4.96. The average Bonchev–Trinajstić information content (AvgIpc) is 2.35. The van der Waals surface area contributed by atoms with Gasteiger partial charge in [-0.15, -0.1) is 12.4 Å². The lowest BCUT2D eigenvalue weighted by atomic mass is 10.0. The van der Waals surface area contributed by atoms with Gasteiger partial charge in [0.1, 0.15) is 0 Å². The quantitative estimate of drug-likeness (QED) is 0.608. The van der Waals surface area contributed by atoms with Crippen LogP contribution in [0.5, 0.6) is 0 Å². The van der Waals surface area contributed by atoms with E-state index in [0.29, 0.717) is 6.07 Å². The number of carbonyl (C=O) groups is 1. The maximum Gasteiger partial charge on any atom is 0.417 e. The van der Waals surface area contributed by atoms with Gasteiger partial charge in [-0.05, 0) is 38.5 Å². The van der Waals surface area contributed by atoms with Crippen LogP contribution in [0.15, 0.2) is 22.0 Å². The van der Waals surface area contributed by atoms with Crippen LogP contribution in [0.4, 0.5) is 13.2 Å². The van der Waals surface area contributed by atoms with E-state index in [0.717, 1.165) is 6.07 Å². The number of halogens is 4. The maximum atomic E-state index is 13.2. The van der Waals surface area contributed by atoms with Gasteiger partial charge in [-0.1, -0.05) is 0 Å². The Morgan fingerprint density at radius 1 is 1.21 bits per heavy atom. The number of sulfone groups is 1. The molecular formula is C13H17ClF3N3O3S. The first-order valence-corrected chi connectivity index (χ1v) is 7.92. The molecule has 0 aliphatic carbocycles. The van der Waals surface area contributed by atoms with Crippen LogP contribution in [-0.4, -0.2) is 25.5 Å². The second-order valence-corrected chi connectivity index (χ2v) is 7.57. The van der Waals surface area contributed by atoms with Gasteiger partial charge in [0.2, 0.25) is 0 Å². The first kappa shape index (κ1) is 22.2. The van der Waals surface area contributed by atoms with Crippen LogP contribution in [0.1, 0.15) is 35.3 Å². The fourth-order valence-electron chi connectivity index (χ4n) is 1.80. The Bertz CT molecular complexity index is 771. The Hall–Kier alpha value is -1.81. The SMILES string of the molecule is Cc1cc(S(=O)(=O)C(C)C)c(C(F)(F)F)cc1C(=O)N=C(N)N.Cl. The monoisotopic (exact) mass is 387 g/mol. The molecule has 11 heteroatoms. The first-order chi connectivity index (χ1) is 10.3. The van der Waals surface area contributed by atoms with E-state index in [-0.39, 0.29) is 18.0 Å². The van der Waals surface area contributed by atoms with Gasteiger partial charge < -0.3 is 11.5 Å². The van der Waals surface area contributed by atoms with Crippen molar-refractivity contribution in [3.05, 3.63) is 28.8 Å². The molecule has 0 aliphatic heterocycles. The van der Waals surface area contributed by atoms with Crippen molar-refractivity contribution in [3.63, 3.8) is 0 Å². The summed E-state index contributed by atoms with van der Waals surface area (Å²) in [5, 5.41) is -1.05. The highest BCUT2D eigenvalue weighted by Gasteiger charge is 2.39. The number of alkyl halides is 3. The zero-order valence-corrected chi connectivity index (χ0v) is 14.6. The number of aryl methyl sites for hydroxylation is 1. The molecule has 0 aromatic heterocycles. The van der Waals surface area contributed by atoms with Crippen molar-refractivity contribution in [1.29, 1.82) is 0 Å². The molecular weight excluding hydrogens is 371 g/mol. The summed E-state index contributed by atoms with van der Waals surface area (Å²) in [4.78, 5) is 14.1. The fourth-order valence-corrected chi connectivity index (χ4v) is 3.13. The normalized spacial score (nSPS) is 11.8. The molecule has 6 nitrogen and oxygen atoms in total. The van der Waals surface area contributed by atoms with Crippen LogP contribution in [0.2, 0.25) is 0 Å². The lowest BCUT2D eigenvalue weighted by molar-refractivity contribution is -0.139. The number of nitrogens with two attached hydrogens (primary N) is 2. The lowest BCUT2D eigenvalue weighted by Crippen LogP contribution is -2.25. The Labute approximate surface area is 143 Å². The van der Waals surface area contributed by atoms with Crippen LogP contribution >= 0.6 is 12.4 Å². The molecule has 24 heavy (non-hydrogen) atoms. The molecule has 136 valence electrons. The summed E-state index contributed by atoms with van der Waals surface area (Å²) in [6.45, 7) is 3.83. The van der Waals surface area contributed by atoms with E-state index in [1.54, 1.807) is 0 Å². The third kappa shape index (κ3) is 4.60. The van der Waals surface area contributed by atoms with E-state index < -0.39 is 49.2 Å². The molecule has 0 saturated carbocycles. The number of guanidine groups is 1. The Morgan fingerprint density at radius 3 is 2.08 bits per heavy atom. The summed E-state index contributed by atoms with van der Waals surface area (Å²) < 4.78 is 64.0. The molecule has 0 atom stereocenters. The number of rotatable bonds is 3. The van der Waals surface area contributed by atoms with Crippen LogP contribution in [0, 0.1) is 6.92 Å². The third-order valence-electron chi connectivity index (χ3n) is 3.02. The van der Waals surface area contributed by atoms with Gasteiger partial charge in [0.25, 0.3) is 5.91 Å². The van der Waals surface area contributed by atoms with Gasteiger partial charge in [0.05, 0.1) is 15.7 Å². The number of aliphatic imine (C=N–C) groups is 1. The molecule has 0 unspecified atom stereocenters. The van der Waals surface area contributed by atoms with Crippen molar-refractivity contribution in [3.8, 4) is 0 Å². The van der Waals surface area contributed by atoms with Gasteiger partial charge in [0.15, 0.2) is 15.8 Å². The Kier molecular flexibility index (Phi) is 6.83. The van der Waals surface area contributed by atoms with E-state index in [2.05, 4.69) is 4.99 Å². The maximum absolute atomic E-state index is 13.2. The third-order valence-corrected chi connectivity index (χ3v) is 5.21. The zero-order chi connectivity index (χ0) is 18.2. The van der Waals surface area contributed by atoms with Crippen molar-refractivity contribution in [2.24, 2.45) is 16.5 Å². The highest BCUT2D eigenvalue weighted by atomic mass is 35.5. The molecule has 0 saturated heterocycles. The summed E-state index contributed by atoms with van der Waals surface area (Å²) in [7, 11) is -4.20. The number of benzene rings is 1. The van der Waals surface area contributed by atoms with Crippen LogP contribution in [0.25, 0.3) is 0 Å². The lowest BCUT2D eigenvalue weighted by Gasteiger charge is -2.17. The topological polar surface area (TPSA) is 116 Å². The van der Waals surface area contributed by atoms with Crippen molar-refractivity contribution < 1.29 is 26.4 Å². The number of amides is 1. The van der Waals surface area contributed by atoms with E-state index in [1.165, 1.54) is 20.8 Å². The summed E-state index contributed by atoms with van der Waals surface area (Å²) in [5.41, 5.74) is 8.24. The van der Waals surface area contributed by atoms with Gasteiger partial charge >= 0.3 is 6.18 Å².